The maximum absolute atomic E-state index is 12.4. The van der Waals surface area contributed by atoms with Crippen LogP contribution in [0.3, 0.4) is 0 Å². The van der Waals surface area contributed by atoms with Gasteiger partial charge in [-0.3, -0.25) is 4.79 Å². The molecule has 2 aromatic carbocycles. The number of nitrogens with one attached hydrogen (secondary N) is 1. The normalized spacial score (nSPS) is 10.8. The molecule has 4 nitrogen and oxygen atoms in total. The number of aromatic nitrogens is 2. The van der Waals surface area contributed by atoms with E-state index in [1.165, 1.54) is 11.3 Å². The number of benzene rings is 2. The lowest BCUT2D eigenvalue weighted by Gasteiger charge is -2.04. The minimum Gasteiger partial charge on any atom is -0.309 e. The zero-order valence-corrected chi connectivity index (χ0v) is 15.9. The molecule has 6 heteroatoms. The summed E-state index contributed by atoms with van der Waals surface area (Å²) < 4.78 is 0. The molecule has 4 aromatic rings. The quantitative estimate of drug-likeness (QED) is 0.524. The number of fused-ring (bicyclic) bond motifs is 1. The fourth-order valence-electron chi connectivity index (χ4n) is 2.80. The Balaban J connectivity index is 1.55. The van der Waals surface area contributed by atoms with Crippen LogP contribution in [-0.2, 0) is 11.5 Å². The number of nitriles is 1. The molecule has 27 heavy (non-hydrogen) atoms. The first kappa shape index (κ1) is 17.5. The van der Waals surface area contributed by atoms with Gasteiger partial charge in [0.25, 0.3) is 5.56 Å². The van der Waals surface area contributed by atoms with Crippen LogP contribution in [0.15, 0.2) is 65.5 Å². The highest BCUT2D eigenvalue weighted by Crippen LogP contribution is 2.31. The summed E-state index contributed by atoms with van der Waals surface area (Å²) in [5, 5.41) is 9.80. The van der Waals surface area contributed by atoms with Crippen LogP contribution >= 0.6 is 23.1 Å². The van der Waals surface area contributed by atoms with E-state index in [1.807, 2.05) is 60.7 Å². The van der Waals surface area contributed by atoms with Gasteiger partial charge in [-0.05, 0) is 23.3 Å². The van der Waals surface area contributed by atoms with Gasteiger partial charge in [-0.2, -0.15) is 5.26 Å². The van der Waals surface area contributed by atoms with Gasteiger partial charge >= 0.3 is 0 Å². The zero-order valence-electron chi connectivity index (χ0n) is 14.3. The van der Waals surface area contributed by atoms with E-state index in [2.05, 4.69) is 16.0 Å². The Morgan fingerprint density at radius 2 is 1.85 bits per heavy atom. The monoisotopic (exact) mass is 389 g/mol. The Morgan fingerprint density at radius 3 is 2.67 bits per heavy atom. The van der Waals surface area contributed by atoms with Crippen molar-refractivity contribution in [2.75, 3.05) is 0 Å². The lowest BCUT2D eigenvalue weighted by molar-refractivity contribution is 1.04. The fraction of sp³-hybridized carbons (Fsp3) is 0.0952. The van der Waals surface area contributed by atoms with Gasteiger partial charge in [0.15, 0.2) is 0 Å². The van der Waals surface area contributed by atoms with Gasteiger partial charge in [0, 0.05) is 10.6 Å². The highest BCUT2D eigenvalue weighted by molar-refractivity contribution is 7.97. The van der Waals surface area contributed by atoms with Gasteiger partial charge in [0.1, 0.15) is 10.7 Å². The number of thiophene rings is 1. The molecule has 2 heterocycles. The molecular weight excluding hydrogens is 374 g/mol. The van der Waals surface area contributed by atoms with Crippen LogP contribution in [0.4, 0.5) is 0 Å². The van der Waals surface area contributed by atoms with Crippen molar-refractivity contribution in [1.29, 1.82) is 5.26 Å². The minimum atomic E-state index is -0.105. The first-order chi connectivity index (χ1) is 13.2. The van der Waals surface area contributed by atoms with Gasteiger partial charge in [-0.15, -0.1) is 23.1 Å². The van der Waals surface area contributed by atoms with E-state index < -0.39 is 0 Å². The number of aromatic amines is 1. The van der Waals surface area contributed by atoms with Gasteiger partial charge in [-0.25, -0.2) is 4.98 Å². The molecule has 0 fully saturated rings. The van der Waals surface area contributed by atoms with Crippen molar-refractivity contribution < 1.29 is 0 Å². The van der Waals surface area contributed by atoms with Crippen molar-refractivity contribution in [3.63, 3.8) is 0 Å². The van der Waals surface area contributed by atoms with E-state index in [1.54, 1.807) is 11.8 Å². The summed E-state index contributed by atoms with van der Waals surface area (Å²) in [7, 11) is 0. The Morgan fingerprint density at radius 1 is 1.07 bits per heavy atom. The zero-order chi connectivity index (χ0) is 18.6. The van der Waals surface area contributed by atoms with Crippen molar-refractivity contribution in [2.45, 2.75) is 11.5 Å². The third kappa shape index (κ3) is 3.80. The summed E-state index contributed by atoms with van der Waals surface area (Å²) in [6.07, 6.45) is 0. The summed E-state index contributed by atoms with van der Waals surface area (Å²) in [6.45, 7) is 0. The molecule has 0 aliphatic rings. The Hall–Kier alpha value is -2.88. The molecular formula is C21H15N3OS2. The molecule has 0 amide bonds. The predicted octanol–water partition coefficient (Wildman–Crippen LogP) is 4.96. The smallest absolute Gasteiger partial charge is 0.259 e. The standard InChI is InChI=1S/C21H15N3OS2/c22-11-15-8-4-5-9-16(15)12-26-13-19-23-20(25)17-10-18(27-21(17)24-19)14-6-2-1-3-7-14/h1-10H,12-13H2,(H,23,24,25). The van der Waals surface area contributed by atoms with Crippen LogP contribution in [0, 0.1) is 11.3 Å². The molecule has 0 aliphatic carbocycles. The highest BCUT2D eigenvalue weighted by atomic mass is 32.2. The van der Waals surface area contributed by atoms with Crippen LogP contribution in [0.1, 0.15) is 17.0 Å². The summed E-state index contributed by atoms with van der Waals surface area (Å²) in [5.74, 6) is 1.95. The second kappa shape index (κ2) is 7.78. The van der Waals surface area contributed by atoms with Gasteiger partial charge in [0.2, 0.25) is 0 Å². The lowest BCUT2D eigenvalue weighted by Crippen LogP contribution is -2.09. The van der Waals surface area contributed by atoms with Crippen LogP contribution in [0.2, 0.25) is 0 Å². The van der Waals surface area contributed by atoms with Gasteiger partial charge < -0.3 is 4.98 Å². The average Bonchev–Trinajstić information content (AvgIpc) is 3.14. The van der Waals surface area contributed by atoms with E-state index in [4.69, 9.17) is 5.26 Å². The van der Waals surface area contributed by atoms with E-state index in [9.17, 15) is 4.79 Å². The largest absolute Gasteiger partial charge is 0.309 e. The lowest BCUT2D eigenvalue weighted by atomic mass is 10.1. The molecule has 0 atom stereocenters. The van der Waals surface area contributed by atoms with Crippen molar-refractivity contribution in [3.05, 3.63) is 88.0 Å². The summed E-state index contributed by atoms with van der Waals surface area (Å²) >= 11 is 3.16. The van der Waals surface area contributed by atoms with Crippen molar-refractivity contribution in [2.24, 2.45) is 0 Å². The molecule has 132 valence electrons. The van der Waals surface area contributed by atoms with E-state index >= 15 is 0 Å². The third-order valence-corrected chi connectivity index (χ3v) is 6.21. The predicted molar refractivity (Wildman–Crippen MR) is 112 cm³/mol. The number of rotatable bonds is 5. The second-order valence-electron chi connectivity index (χ2n) is 5.97. The van der Waals surface area contributed by atoms with Crippen LogP contribution in [0.25, 0.3) is 20.7 Å². The molecule has 0 unspecified atom stereocenters. The summed E-state index contributed by atoms with van der Waals surface area (Å²) in [5.41, 5.74) is 2.67. The van der Waals surface area contributed by atoms with Crippen molar-refractivity contribution in [3.8, 4) is 16.5 Å². The number of hydrogen-bond donors (Lipinski definition) is 1. The average molecular weight is 390 g/mol. The Kier molecular flexibility index (Phi) is 5.05. The number of hydrogen-bond acceptors (Lipinski definition) is 5. The minimum absolute atomic E-state index is 0.105. The SMILES string of the molecule is N#Cc1ccccc1CSCc1nc2sc(-c3ccccc3)cc2c(=O)[nH]1. The Bertz CT molecular complexity index is 1190. The molecule has 0 spiro atoms. The van der Waals surface area contributed by atoms with Crippen molar-refractivity contribution >= 4 is 33.3 Å². The number of nitrogens with zero attached hydrogens (tertiary/aromatic N) is 2. The van der Waals surface area contributed by atoms with Crippen LogP contribution in [-0.4, -0.2) is 9.97 Å². The topological polar surface area (TPSA) is 69.5 Å². The molecule has 0 aliphatic heterocycles. The fourth-order valence-corrected chi connectivity index (χ4v) is 4.76. The first-order valence-corrected chi connectivity index (χ1v) is 10.4. The molecule has 0 saturated heterocycles. The second-order valence-corrected chi connectivity index (χ2v) is 7.99. The number of H-pyrrole nitrogens is 1. The first-order valence-electron chi connectivity index (χ1n) is 8.38. The van der Waals surface area contributed by atoms with Crippen molar-refractivity contribution in [1.82, 2.24) is 9.97 Å². The van der Waals surface area contributed by atoms with Gasteiger partial charge in [-0.1, -0.05) is 48.5 Å². The summed E-state index contributed by atoms with van der Waals surface area (Å²) in [6, 6.07) is 21.7. The molecule has 0 bridgehead atoms. The summed E-state index contributed by atoms with van der Waals surface area (Å²) in [4.78, 5) is 21.7. The molecule has 4 rings (SSSR count). The maximum Gasteiger partial charge on any atom is 0.259 e. The van der Waals surface area contributed by atoms with E-state index in [0.29, 0.717) is 28.3 Å². The maximum atomic E-state index is 12.4. The highest BCUT2D eigenvalue weighted by Gasteiger charge is 2.10. The molecule has 1 N–H and O–H groups in total. The number of thioether (sulfide) groups is 1. The van der Waals surface area contributed by atoms with Crippen LogP contribution in [0.5, 0.6) is 0 Å². The Labute approximate surface area is 164 Å². The van der Waals surface area contributed by atoms with Crippen LogP contribution < -0.4 is 5.56 Å². The van der Waals surface area contributed by atoms with E-state index in [0.717, 1.165) is 20.8 Å². The van der Waals surface area contributed by atoms with Gasteiger partial charge in [0.05, 0.1) is 22.8 Å². The van der Waals surface area contributed by atoms with E-state index in [-0.39, 0.29) is 5.56 Å². The third-order valence-electron chi connectivity index (χ3n) is 4.14. The molecule has 2 aromatic heterocycles. The molecule has 0 saturated carbocycles. The molecule has 0 radical (unpaired) electrons.